The molecule has 0 radical (unpaired) electrons. The summed E-state index contributed by atoms with van der Waals surface area (Å²) in [5, 5.41) is -0.222. The summed E-state index contributed by atoms with van der Waals surface area (Å²) in [4.78, 5) is 26.6. The second-order valence-corrected chi connectivity index (χ2v) is 8.75. The van der Waals surface area contributed by atoms with Gasteiger partial charge in [0.05, 0.1) is 11.4 Å². The van der Waals surface area contributed by atoms with E-state index >= 15 is 0 Å². The number of carbonyl (C=O) groups is 2. The molecule has 7 heteroatoms. The standard InChI is InChI=1S/C25H19ClFNO3S/c1-16-5-7-17(8-6-16)15-31-21-4-2-3-18(11-21)12-23-24(29)28(25(30)32-23)14-19-9-10-20(27)13-22(19)26/h2-13H,14-15H2,1H3/b23-12-. The number of nitrogens with zero attached hydrogens (tertiary/aromatic N) is 1. The lowest BCUT2D eigenvalue weighted by atomic mass is 10.1. The first-order valence-corrected chi connectivity index (χ1v) is 11.1. The molecule has 0 saturated carbocycles. The fourth-order valence-electron chi connectivity index (χ4n) is 3.15. The predicted molar refractivity (Wildman–Crippen MR) is 125 cm³/mol. The molecule has 162 valence electrons. The van der Waals surface area contributed by atoms with E-state index in [4.69, 9.17) is 16.3 Å². The first kappa shape index (κ1) is 22.1. The van der Waals surface area contributed by atoms with Crippen molar-refractivity contribution in [2.45, 2.75) is 20.1 Å². The van der Waals surface area contributed by atoms with Gasteiger partial charge in [0.15, 0.2) is 0 Å². The molecule has 0 unspecified atom stereocenters. The average molecular weight is 468 g/mol. The minimum atomic E-state index is -0.475. The van der Waals surface area contributed by atoms with Crippen LogP contribution in [0.4, 0.5) is 9.18 Å². The zero-order valence-corrected chi connectivity index (χ0v) is 18.8. The van der Waals surface area contributed by atoms with E-state index in [0.29, 0.717) is 22.8 Å². The van der Waals surface area contributed by atoms with Gasteiger partial charge in [0.1, 0.15) is 18.2 Å². The Bertz CT molecular complexity index is 1210. The quantitative estimate of drug-likeness (QED) is 0.383. The van der Waals surface area contributed by atoms with Gasteiger partial charge in [-0.15, -0.1) is 0 Å². The minimum absolute atomic E-state index is 0.0131. The zero-order chi connectivity index (χ0) is 22.7. The molecule has 0 atom stereocenters. The van der Waals surface area contributed by atoms with Crippen molar-refractivity contribution in [1.82, 2.24) is 4.90 Å². The van der Waals surface area contributed by atoms with Crippen molar-refractivity contribution in [2.75, 3.05) is 0 Å². The minimum Gasteiger partial charge on any atom is -0.489 e. The second kappa shape index (κ2) is 9.59. The van der Waals surface area contributed by atoms with Crippen molar-refractivity contribution in [3.63, 3.8) is 0 Å². The summed E-state index contributed by atoms with van der Waals surface area (Å²) in [7, 11) is 0. The Kier molecular flexibility index (Phi) is 6.63. The Morgan fingerprint density at radius 3 is 2.59 bits per heavy atom. The number of hydrogen-bond acceptors (Lipinski definition) is 4. The molecular formula is C25H19ClFNO3S. The molecule has 0 aliphatic carbocycles. The fourth-order valence-corrected chi connectivity index (χ4v) is 4.22. The van der Waals surface area contributed by atoms with Crippen molar-refractivity contribution in [3.8, 4) is 5.75 Å². The van der Waals surface area contributed by atoms with Crippen LogP contribution in [-0.4, -0.2) is 16.0 Å². The van der Waals surface area contributed by atoms with Gasteiger partial charge in [-0.25, -0.2) is 4.39 Å². The van der Waals surface area contributed by atoms with Gasteiger partial charge in [-0.3, -0.25) is 14.5 Å². The summed E-state index contributed by atoms with van der Waals surface area (Å²) < 4.78 is 19.1. The third kappa shape index (κ3) is 5.21. The highest BCUT2D eigenvalue weighted by Crippen LogP contribution is 2.34. The Balaban J connectivity index is 1.46. The Morgan fingerprint density at radius 2 is 1.84 bits per heavy atom. The van der Waals surface area contributed by atoms with Crippen LogP contribution in [0.3, 0.4) is 0 Å². The van der Waals surface area contributed by atoms with E-state index in [0.717, 1.165) is 33.9 Å². The molecule has 1 fully saturated rings. The molecule has 1 aliphatic rings. The van der Waals surface area contributed by atoms with Crippen LogP contribution < -0.4 is 4.74 Å². The molecule has 32 heavy (non-hydrogen) atoms. The summed E-state index contributed by atoms with van der Waals surface area (Å²) in [6.45, 7) is 2.45. The predicted octanol–water partition coefficient (Wildman–Crippen LogP) is 6.60. The SMILES string of the molecule is Cc1ccc(COc2cccc(/C=C3\SC(=O)N(Cc4ccc(F)cc4Cl)C3=O)c2)cc1. The van der Waals surface area contributed by atoms with Crippen molar-refractivity contribution in [2.24, 2.45) is 0 Å². The molecule has 0 spiro atoms. The van der Waals surface area contributed by atoms with Gasteiger partial charge in [-0.2, -0.15) is 0 Å². The highest BCUT2D eigenvalue weighted by molar-refractivity contribution is 8.18. The maximum absolute atomic E-state index is 13.3. The van der Waals surface area contributed by atoms with Crippen LogP contribution in [0.15, 0.2) is 71.6 Å². The van der Waals surface area contributed by atoms with E-state index < -0.39 is 17.0 Å². The number of thioether (sulfide) groups is 1. The lowest BCUT2D eigenvalue weighted by molar-refractivity contribution is -0.123. The van der Waals surface area contributed by atoms with Crippen LogP contribution in [0.1, 0.15) is 22.3 Å². The third-order valence-electron chi connectivity index (χ3n) is 4.90. The first-order valence-electron chi connectivity index (χ1n) is 9.87. The molecule has 2 amide bonds. The van der Waals surface area contributed by atoms with Gasteiger partial charge >= 0.3 is 0 Å². The van der Waals surface area contributed by atoms with Gasteiger partial charge in [0.25, 0.3) is 11.1 Å². The number of aryl methyl sites for hydroxylation is 1. The summed E-state index contributed by atoms with van der Waals surface area (Å²) in [5.41, 5.74) is 3.49. The molecule has 1 saturated heterocycles. The van der Waals surface area contributed by atoms with Gasteiger partial charge < -0.3 is 4.74 Å². The van der Waals surface area contributed by atoms with Gasteiger partial charge in [0, 0.05) is 5.02 Å². The number of carbonyl (C=O) groups excluding carboxylic acids is 2. The molecule has 0 bridgehead atoms. The van der Waals surface area contributed by atoms with Crippen molar-refractivity contribution in [1.29, 1.82) is 0 Å². The van der Waals surface area contributed by atoms with Crippen molar-refractivity contribution < 1.29 is 18.7 Å². The van der Waals surface area contributed by atoms with Crippen LogP contribution in [-0.2, 0) is 17.9 Å². The maximum atomic E-state index is 13.3. The fraction of sp³-hybridized carbons (Fsp3) is 0.120. The number of amides is 2. The van der Waals surface area contributed by atoms with Crippen molar-refractivity contribution in [3.05, 3.63) is 105 Å². The van der Waals surface area contributed by atoms with Crippen LogP contribution in [0.25, 0.3) is 6.08 Å². The highest BCUT2D eigenvalue weighted by Gasteiger charge is 2.35. The number of hydrogen-bond donors (Lipinski definition) is 0. The molecule has 4 rings (SSSR count). The number of rotatable bonds is 6. The molecule has 4 nitrogen and oxygen atoms in total. The van der Waals surface area contributed by atoms with Crippen LogP contribution >= 0.6 is 23.4 Å². The van der Waals surface area contributed by atoms with E-state index in [-0.39, 0.29) is 11.6 Å². The molecule has 3 aromatic rings. The summed E-state index contributed by atoms with van der Waals surface area (Å²) in [6.07, 6.45) is 1.66. The zero-order valence-electron chi connectivity index (χ0n) is 17.2. The first-order chi connectivity index (χ1) is 15.4. The number of benzene rings is 3. The summed E-state index contributed by atoms with van der Waals surface area (Å²) in [5.74, 6) is -0.222. The van der Waals surface area contributed by atoms with E-state index in [1.165, 1.54) is 17.7 Å². The van der Waals surface area contributed by atoms with Gasteiger partial charge in [-0.1, -0.05) is 59.6 Å². The van der Waals surface area contributed by atoms with E-state index in [2.05, 4.69) is 0 Å². The topological polar surface area (TPSA) is 46.6 Å². The second-order valence-electron chi connectivity index (χ2n) is 7.35. The van der Waals surface area contributed by atoms with Gasteiger partial charge in [-0.05, 0) is 65.7 Å². The summed E-state index contributed by atoms with van der Waals surface area (Å²) >= 11 is 6.91. The lowest BCUT2D eigenvalue weighted by Crippen LogP contribution is -2.27. The Hall–Kier alpha value is -3.09. The smallest absolute Gasteiger partial charge is 0.293 e. The average Bonchev–Trinajstić information content (AvgIpc) is 3.02. The number of halogens is 2. The van der Waals surface area contributed by atoms with Crippen molar-refractivity contribution >= 4 is 40.6 Å². The van der Waals surface area contributed by atoms with Gasteiger partial charge in [0.2, 0.25) is 0 Å². The van der Waals surface area contributed by atoms with Crippen LogP contribution in [0.2, 0.25) is 5.02 Å². The van der Waals surface area contributed by atoms with Crippen LogP contribution in [0, 0.1) is 12.7 Å². The summed E-state index contributed by atoms with van der Waals surface area (Å²) in [6, 6.07) is 19.3. The number of ether oxygens (including phenoxy) is 1. The molecule has 1 heterocycles. The van der Waals surface area contributed by atoms with E-state index in [1.54, 1.807) is 6.08 Å². The normalized spacial score (nSPS) is 15.0. The lowest BCUT2D eigenvalue weighted by Gasteiger charge is -2.13. The molecule has 0 N–H and O–H groups in total. The third-order valence-corrected chi connectivity index (χ3v) is 6.16. The maximum Gasteiger partial charge on any atom is 0.293 e. The largest absolute Gasteiger partial charge is 0.489 e. The van der Waals surface area contributed by atoms with E-state index in [1.807, 2.05) is 55.5 Å². The molecular weight excluding hydrogens is 449 g/mol. The number of imide groups is 1. The highest BCUT2D eigenvalue weighted by atomic mass is 35.5. The van der Waals surface area contributed by atoms with Crippen LogP contribution in [0.5, 0.6) is 5.75 Å². The van der Waals surface area contributed by atoms with E-state index in [9.17, 15) is 14.0 Å². The molecule has 0 aromatic heterocycles. The molecule has 1 aliphatic heterocycles. The monoisotopic (exact) mass is 467 g/mol. The Labute approximate surface area is 194 Å². The Morgan fingerprint density at radius 1 is 1.06 bits per heavy atom. The molecule has 3 aromatic carbocycles.